The number of rotatable bonds is 6. The van der Waals surface area contributed by atoms with Crippen molar-refractivity contribution < 1.29 is 9.53 Å². The fraction of sp³-hybridized carbons (Fsp3) is 0.421. The number of ether oxygens (including phenoxy) is 1. The summed E-state index contributed by atoms with van der Waals surface area (Å²) in [4.78, 5) is 21.6. The van der Waals surface area contributed by atoms with Gasteiger partial charge in [-0.25, -0.2) is 9.97 Å². The number of hydrogen-bond donors (Lipinski definition) is 1. The lowest BCUT2D eigenvalue weighted by atomic mass is 9.96. The van der Waals surface area contributed by atoms with Gasteiger partial charge in [0.1, 0.15) is 21.6 Å². The summed E-state index contributed by atoms with van der Waals surface area (Å²) in [7, 11) is 1.61. The predicted molar refractivity (Wildman–Crippen MR) is 107 cm³/mol. The summed E-state index contributed by atoms with van der Waals surface area (Å²) in [6.45, 7) is 6.34. The van der Waals surface area contributed by atoms with Gasteiger partial charge in [-0.1, -0.05) is 31.7 Å². The molecule has 2 atom stereocenters. The molecule has 5 nitrogen and oxygen atoms in total. The normalized spacial score (nSPS) is 18.5. The molecule has 0 saturated carbocycles. The minimum Gasteiger partial charge on any atom is -0.497 e. The minimum atomic E-state index is -0.0555. The van der Waals surface area contributed by atoms with E-state index in [4.69, 9.17) is 4.74 Å². The second kappa shape index (κ2) is 8.31. The number of nitrogens with zero attached hydrogens (tertiary/aromatic N) is 2. The van der Waals surface area contributed by atoms with Crippen LogP contribution < -0.4 is 10.1 Å². The minimum absolute atomic E-state index is 0.0555. The number of benzene rings is 1. The molecule has 0 aliphatic carbocycles. The highest BCUT2D eigenvalue weighted by Crippen LogP contribution is 2.48. The van der Waals surface area contributed by atoms with Crippen molar-refractivity contribution in [2.45, 2.75) is 48.4 Å². The molecule has 0 spiro atoms. The lowest BCUT2D eigenvalue weighted by molar-refractivity contribution is -0.113. The van der Waals surface area contributed by atoms with Crippen molar-refractivity contribution in [2.75, 3.05) is 18.2 Å². The van der Waals surface area contributed by atoms with Crippen LogP contribution in [0.5, 0.6) is 5.75 Å². The molecule has 138 valence electrons. The topological polar surface area (TPSA) is 64.1 Å². The Morgan fingerprint density at radius 1 is 1.38 bits per heavy atom. The van der Waals surface area contributed by atoms with Crippen LogP contribution in [0.3, 0.4) is 0 Å². The van der Waals surface area contributed by atoms with Gasteiger partial charge < -0.3 is 10.1 Å². The second-order valence-corrected chi connectivity index (χ2v) is 8.53. The second-order valence-electron chi connectivity index (χ2n) is 6.20. The first kappa shape index (κ1) is 19.0. The van der Waals surface area contributed by atoms with Gasteiger partial charge in [-0.2, -0.15) is 0 Å². The monoisotopic (exact) mass is 389 g/mol. The van der Waals surface area contributed by atoms with Crippen LogP contribution in [-0.2, 0) is 4.79 Å². The molecule has 26 heavy (non-hydrogen) atoms. The number of thioether (sulfide) groups is 2. The first-order chi connectivity index (χ1) is 12.5. The van der Waals surface area contributed by atoms with Crippen molar-refractivity contribution in [2.24, 2.45) is 0 Å². The molecule has 0 radical (unpaired) electrons. The van der Waals surface area contributed by atoms with Gasteiger partial charge >= 0.3 is 0 Å². The molecule has 0 unspecified atom stereocenters. The van der Waals surface area contributed by atoms with Gasteiger partial charge in [0.15, 0.2) is 0 Å². The zero-order chi connectivity index (χ0) is 18.7. The summed E-state index contributed by atoms with van der Waals surface area (Å²) in [5.41, 5.74) is 1.95. The fourth-order valence-electron chi connectivity index (χ4n) is 3.11. The van der Waals surface area contributed by atoms with Crippen LogP contribution >= 0.6 is 23.5 Å². The van der Waals surface area contributed by atoms with Crippen LogP contribution in [0.4, 0.5) is 5.69 Å². The van der Waals surface area contributed by atoms with Crippen LogP contribution in [0.1, 0.15) is 37.6 Å². The molecular weight excluding hydrogens is 366 g/mol. The Kier molecular flexibility index (Phi) is 6.09. The quantitative estimate of drug-likeness (QED) is 0.579. The number of aryl methyl sites for hydroxylation is 1. The standard InChI is InChI=1S/C19H23N3O2S2/c1-5-15-11(2)26-19-17(15)18(20-12(3)21-19)25-10-16(23)22-13-7-6-8-14(9-13)24-4/h6-9,11,15H,5,10H2,1-4H3,(H,22,23)/t11-,15-/m0/s1. The molecule has 1 aromatic carbocycles. The maximum absolute atomic E-state index is 12.4. The molecule has 1 aliphatic heterocycles. The van der Waals surface area contributed by atoms with Crippen molar-refractivity contribution in [3.63, 3.8) is 0 Å². The summed E-state index contributed by atoms with van der Waals surface area (Å²) in [6.07, 6.45) is 1.05. The Bertz CT molecular complexity index is 813. The SMILES string of the molecule is CC[C@@H]1c2c(SCC(=O)Nc3cccc(OC)c3)nc(C)nc2S[C@H]1C. The maximum atomic E-state index is 12.4. The van der Waals surface area contributed by atoms with Gasteiger partial charge in [0.2, 0.25) is 5.91 Å². The number of nitrogens with one attached hydrogen (secondary N) is 1. The van der Waals surface area contributed by atoms with Crippen molar-refractivity contribution >= 4 is 35.1 Å². The Morgan fingerprint density at radius 2 is 2.19 bits per heavy atom. The van der Waals surface area contributed by atoms with E-state index in [0.29, 0.717) is 16.9 Å². The van der Waals surface area contributed by atoms with Gasteiger partial charge in [-0.05, 0) is 25.5 Å². The third-order valence-corrected chi connectivity index (χ3v) is 6.58. The highest BCUT2D eigenvalue weighted by Gasteiger charge is 2.33. The Morgan fingerprint density at radius 3 is 2.92 bits per heavy atom. The largest absolute Gasteiger partial charge is 0.497 e. The molecule has 1 aromatic heterocycles. The number of hydrogen-bond acceptors (Lipinski definition) is 6. The molecule has 3 rings (SSSR count). The summed E-state index contributed by atoms with van der Waals surface area (Å²) in [6, 6.07) is 7.36. The van der Waals surface area contributed by atoms with Crippen molar-refractivity contribution in [3.8, 4) is 5.75 Å². The Hall–Kier alpha value is -1.73. The Balaban J connectivity index is 1.71. The van der Waals surface area contributed by atoms with E-state index in [1.807, 2.05) is 36.9 Å². The van der Waals surface area contributed by atoms with E-state index in [1.165, 1.54) is 17.3 Å². The molecule has 2 aromatic rings. The number of aromatic nitrogens is 2. The Labute approximate surface area is 162 Å². The smallest absolute Gasteiger partial charge is 0.234 e. The lowest BCUT2D eigenvalue weighted by Gasteiger charge is -2.15. The summed E-state index contributed by atoms with van der Waals surface area (Å²) >= 11 is 3.30. The van der Waals surface area contributed by atoms with Crippen molar-refractivity contribution in [1.29, 1.82) is 0 Å². The zero-order valence-corrected chi connectivity index (χ0v) is 17.0. The maximum Gasteiger partial charge on any atom is 0.234 e. The predicted octanol–water partition coefficient (Wildman–Crippen LogP) is 4.51. The summed E-state index contributed by atoms with van der Waals surface area (Å²) in [5.74, 6) is 2.18. The number of carbonyl (C=O) groups is 1. The van der Waals surface area contributed by atoms with Crippen molar-refractivity contribution in [1.82, 2.24) is 9.97 Å². The van der Waals surface area contributed by atoms with E-state index in [1.54, 1.807) is 13.2 Å². The third kappa shape index (κ3) is 4.15. The number of amides is 1. The van der Waals surface area contributed by atoms with Gasteiger partial charge in [-0.3, -0.25) is 4.79 Å². The third-order valence-electron chi connectivity index (χ3n) is 4.36. The van der Waals surface area contributed by atoms with Crippen molar-refractivity contribution in [3.05, 3.63) is 35.7 Å². The fourth-order valence-corrected chi connectivity index (χ4v) is 5.52. The number of methoxy groups -OCH3 is 1. The van der Waals surface area contributed by atoms with E-state index < -0.39 is 0 Å². The average Bonchev–Trinajstić information content (AvgIpc) is 2.94. The highest BCUT2D eigenvalue weighted by molar-refractivity contribution is 8.01. The van der Waals surface area contributed by atoms with Crippen LogP contribution in [0.15, 0.2) is 34.3 Å². The molecule has 1 amide bonds. The number of fused-ring (bicyclic) bond motifs is 1. The molecule has 1 N–H and O–H groups in total. The van der Waals surface area contributed by atoms with Gasteiger partial charge in [-0.15, -0.1) is 11.8 Å². The summed E-state index contributed by atoms with van der Waals surface area (Å²) < 4.78 is 5.19. The first-order valence-electron chi connectivity index (χ1n) is 8.63. The van der Waals surface area contributed by atoms with E-state index >= 15 is 0 Å². The molecule has 2 heterocycles. The zero-order valence-electron chi connectivity index (χ0n) is 15.4. The van der Waals surface area contributed by atoms with E-state index in [-0.39, 0.29) is 5.91 Å². The van der Waals surface area contributed by atoms with Crippen LogP contribution in [0.2, 0.25) is 0 Å². The highest BCUT2D eigenvalue weighted by atomic mass is 32.2. The molecule has 0 fully saturated rings. The van der Waals surface area contributed by atoms with Gasteiger partial charge in [0.05, 0.1) is 12.9 Å². The van der Waals surface area contributed by atoms with E-state index in [2.05, 4.69) is 29.1 Å². The van der Waals surface area contributed by atoms with Gasteiger partial charge in [0.25, 0.3) is 0 Å². The molecule has 0 saturated heterocycles. The van der Waals surface area contributed by atoms with Crippen LogP contribution in [0, 0.1) is 6.92 Å². The molecule has 0 bridgehead atoms. The molecule has 7 heteroatoms. The lowest BCUT2D eigenvalue weighted by Crippen LogP contribution is -2.15. The molecule has 1 aliphatic rings. The number of anilines is 1. The van der Waals surface area contributed by atoms with Crippen LogP contribution in [-0.4, -0.2) is 34.0 Å². The number of carbonyl (C=O) groups excluding carboxylic acids is 1. The van der Waals surface area contributed by atoms with Gasteiger partial charge in [0, 0.05) is 28.5 Å². The van der Waals surface area contributed by atoms with Crippen LogP contribution in [0.25, 0.3) is 0 Å². The molecular formula is C19H23N3O2S2. The van der Waals surface area contributed by atoms with E-state index in [0.717, 1.165) is 33.7 Å². The van der Waals surface area contributed by atoms with E-state index in [9.17, 15) is 4.79 Å². The average molecular weight is 390 g/mol. The first-order valence-corrected chi connectivity index (χ1v) is 10.5. The summed E-state index contributed by atoms with van der Waals surface area (Å²) in [5, 5.41) is 5.43.